The summed E-state index contributed by atoms with van der Waals surface area (Å²) in [5.74, 6) is -0.528. The fourth-order valence-corrected chi connectivity index (χ4v) is 3.03. The highest BCUT2D eigenvalue weighted by molar-refractivity contribution is 7.89. The van der Waals surface area contributed by atoms with E-state index in [1.165, 1.54) is 0 Å². The first-order chi connectivity index (χ1) is 9.79. The number of carbonyl (C=O) groups is 1. The van der Waals surface area contributed by atoms with Crippen LogP contribution in [0.5, 0.6) is 0 Å². The molecule has 0 spiro atoms. The molecule has 0 saturated heterocycles. The van der Waals surface area contributed by atoms with Gasteiger partial charge >= 0.3 is 5.97 Å². The van der Waals surface area contributed by atoms with E-state index < -0.39 is 32.3 Å². The second kappa shape index (κ2) is 7.41. The van der Waals surface area contributed by atoms with Gasteiger partial charge < -0.3 is 5.11 Å². The Morgan fingerprint density at radius 1 is 1.43 bits per heavy atom. The van der Waals surface area contributed by atoms with Crippen molar-refractivity contribution in [1.82, 2.24) is 4.72 Å². The van der Waals surface area contributed by atoms with Crippen LogP contribution in [0.25, 0.3) is 0 Å². The number of hydrogen-bond donors (Lipinski definition) is 2. The molecule has 0 atom stereocenters. The first-order valence-electron chi connectivity index (χ1n) is 5.95. The lowest BCUT2D eigenvalue weighted by atomic mass is 10.2. The molecule has 21 heavy (non-hydrogen) atoms. The molecule has 0 amide bonds. The second-order valence-electron chi connectivity index (χ2n) is 4.13. The number of carboxylic acid groups (broad SMARTS) is 1. The molecule has 0 unspecified atom stereocenters. The van der Waals surface area contributed by atoms with Gasteiger partial charge in [0.15, 0.2) is 5.82 Å². The minimum Gasteiger partial charge on any atom is -0.478 e. The van der Waals surface area contributed by atoms with E-state index in [1.54, 1.807) is 0 Å². The fraction of sp³-hybridized carbons (Fsp3) is 0.308. The summed E-state index contributed by atoms with van der Waals surface area (Å²) in [6, 6.07) is 1.72. The largest absolute Gasteiger partial charge is 0.478 e. The summed E-state index contributed by atoms with van der Waals surface area (Å²) in [4.78, 5) is 10.1. The van der Waals surface area contributed by atoms with E-state index in [-0.39, 0.29) is 11.6 Å². The van der Waals surface area contributed by atoms with Gasteiger partial charge in [0.1, 0.15) is 4.90 Å². The van der Waals surface area contributed by atoms with E-state index in [0.29, 0.717) is 19.3 Å². The van der Waals surface area contributed by atoms with Crippen LogP contribution in [0.2, 0.25) is 5.02 Å². The molecule has 5 nitrogen and oxygen atoms in total. The van der Waals surface area contributed by atoms with Gasteiger partial charge in [-0.2, -0.15) is 0 Å². The summed E-state index contributed by atoms with van der Waals surface area (Å²) in [6.45, 7) is 0.0678. The Hall–Kier alpha value is -1.62. The van der Waals surface area contributed by atoms with E-state index in [0.717, 1.165) is 12.1 Å². The number of benzene rings is 1. The SMILES string of the molecule is C#CCCCCNS(=O)(=O)c1cc(Cl)cc(C(=O)O)c1F. The zero-order valence-corrected chi connectivity index (χ0v) is 12.5. The molecule has 0 bridgehead atoms. The predicted octanol–water partition coefficient (Wildman–Crippen LogP) is 2.26. The van der Waals surface area contributed by atoms with Crippen LogP contribution in [0.15, 0.2) is 17.0 Å². The minimum absolute atomic E-state index is 0.0678. The third-order valence-corrected chi connectivity index (χ3v) is 4.24. The van der Waals surface area contributed by atoms with Gasteiger partial charge in [-0.3, -0.25) is 0 Å². The normalized spacial score (nSPS) is 11.1. The molecule has 0 heterocycles. The first-order valence-corrected chi connectivity index (χ1v) is 7.81. The lowest BCUT2D eigenvalue weighted by molar-refractivity contribution is 0.0691. The second-order valence-corrected chi connectivity index (χ2v) is 6.30. The molecule has 0 fully saturated rings. The van der Waals surface area contributed by atoms with Crippen LogP contribution in [-0.4, -0.2) is 26.0 Å². The Morgan fingerprint density at radius 2 is 2.10 bits per heavy atom. The van der Waals surface area contributed by atoms with Crippen molar-refractivity contribution in [2.75, 3.05) is 6.54 Å². The van der Waals surface area contributed by atoms with E-state index in [9.17, 15) is 17.6 Å². The zero-order chi connectivity index (χ0) is 16.0. The van der Waals surface area contributed by atoms with Crippen LogP contribution in [-0.2, 0) is 10.0 Å². The number of terminal acetylenes is 1. The van der Waals surface area contributed by atoms with Gasteiger partial charge in [-0.15, -0.1) is 12.3 Å². The highest BCUT2D eigenvalue weighted by Crippen LogP contribution is 2.23. The molecule has 8 heteroatoms. The van der Waals surface area contributed by atoms with Crippen molar-refractivity contribution in [2.24, 2.45) is 0 Å². The highest BCUT2D eigenvalue weighted by Gasteiger charge is 2.24. The predicted molar refractivity (Wildman–Crippen MR) is 76.2 cm³/mol. The maximum atomic E-state index is 13.9. The molecule has 0 saturated carbocycles. The maximum Gasteiger partial charge on any atom is 0.338 e. The van der Waals surface area contributed by atoms with Crippen molar-refractivity contribution in [2.45, 2.75) is 24.2 Å². The van der Waals surface area contributed by atoms with Crippen LogP contribution in [0.4, 0.5) is 4.39 Å². The van der Waals surface area contributed by atoms with Crippen LogP contribution in [0.1, 0.15) is 29.6 Å². The van der Waals surface area contributed by atoms with Crippen molar-refractivity contribution in [3.05, 3.63) is 28.5 Å². The molecule has 0 radical (unpaired) electrons. The number of unbranched alkanes of at least 4 members (excludes halogenated alkanes) is 2. The average molecular weight is 334 g/mol. The minimum atomic E-state index is -4.18. The molecule has 0 aliphatic rings. The fourth-order valence-electron chi connectivity index (χ4n) is 1.55. The number of nitrogens with one attached hydrogen (secondary N) is 1. The van der Waals surface area contributed by atoms with Gasteiger partial charge in [0.25, 0.3) is 0 Å². The smallest absolute Gasteiger partial charge is 0.338 e. The molecule has 1 aromatic rings. The highest BCUT2D eigenvalue weighted by atomic mass is 35.5. The average Bonchev–Trinajstić information content (AvgIpc) is 2.40. The summed E-state index contributed by atoms with van der Waals surface area (Å²) < 4.78 is 40.1. The molecular weight excluding hydrogens is 321 g/mol. The zero-order valence-electron chi connectivity index (χ0n) is 10.9. The number of rotatable bonds is 7. The number of hydrogen-bond acceptors (Lipinski definition) is 3. The maximum absolute atomic E-state index is 13.9. The topological polar surface area (TPSA) is 83.5 Å². The van der Waals surface area contributed by atoms with Crippen LogP contribution < -0.4 is 4.72 Å². The number of carboxylic acids is 1. The lowest BCUT2D eigenvalue weighted by Gasteiger charge is -2.09. The van der Waals surface area contributed by atoms with Crippen molar-refractivity contribution in [3.8, 4) is 12.3 Å². The summed E-state index contributed by atoms with van der Waals surface area (Å²) in [5, 5.41) is 8.64. The summed E-state index contributed by atoms with van der Waals surface area (Å²) >= 11 is 5.63. The molecule has 0 aromatic heterocycles. The van der Waals surface area contributed by atoms with Crippen LogP contribution in [0.3, 0.4) is 0 Å². The van der Waals surface area contributed by atoms with Gasteiger partial charge in [-0.05, 0) is 25.0 Å². The lowest BCUT2D eigenvalue weighted by Crippen LogP contribution is -2.26. The van der Waals surface area contributed by atoms with Gasteiger partial charge in [0.05, 0.1) is 5.56 Å². The Labute approximate surface area is 127 Å². The van der Waals surface area contributed by atoms with Gasteiger partial charge in [-0.1, -0.05) is 11.6 Å². The summed E-state index contributed by atoms with van der Waals surface area (Å²) in [6.07, 6.45) is 6.68. The summed E-state index contributed by atoms with van der Waals surface area (Å²) in [7, 11) is -4.18. The number of halogens is 2. The van der Waals surface area contributed by atoms with Crippen molar-refractivity contribution >= 4 is 27.6 Å². The molecule has 1 aromatic carbocycles. The van der Waals surface area contributed by atoms with Crippen LogP contribution >= 0.6 is 11.6 Å². The monoisotopic (exact) mass is 333 g/mol. The summed E-state index contributed by atoms with van der Waals surface area (Å²) in [5.41, 5.74) is -0.796. The number of sulfonamides is 1. The van der Waals surface area contributed by atoms with Gasteiger partial charge in [0, 0.05) is 18.0 Å². The third kappa shape index (κ3) is 4.70. The quantitative estimate of drug-likeness (QED) is 0.592. The third-order valence-electron chi connectivity index (χ3n) is 2.56. The molecule has 2 N–H and O–H groups in total. The van der Waals surface area contributed by atoms with Gasteiger partial charge in [-0.25, -0.2) is 22.3 Å². The first kappa shape index (κ1) is 17.4. The molecule has 1 rings (SSSR count). The standard InChI is InChI=1S/C13H13ClFNO4S/c1-2-3-4-5-6-16-21(19,20)11-8-9(14)7-10(12(11)15)13(17)18/h1,7-8,16H,3-6H2,(H,17,18). The van der Waals surface area contributed by atoms with E-state index in [4.69, 9.17) is 23.1 Å². The van der Waals surface area contributed by atoms with E-state index in [1.807, 2.05) is 0 Å². The Balaban J connectivity index is 2.98. The molecular formula is C13H13ClFNO4S. The van der Waals surface area contributed by atoms with E-state index >= 15 is 0 Å². The molecule has 114 valence electrons. The molecule has 0 aliphatic heterocycles. The van der Waals surface area contributed by atoms with Gasteiger partial charge in [0.2, 0.25) is 10.0 Å². The Morgan fingerprint density at radius 3 is 2.67 bits per heavy atom. The van der Waals surface area contributed by atoms with E-state index in [2.05, 4.69) is 10.6 Å². The van der Waals surface area contributed by atoms with Crippen molar-refractivity contribution in [1.29, 1.82) is 0 Å². The van der Waals surface area contributed by atoms with Crippen molar-refractivity contribution < 1.29 is 22.7 Å². The van der Waals surface area contributed by atoms with Crippen LogP contribution in [0, 0.1) is 18.2 Å². The Kier molecular flexibility index (Phi) is 6.15. The van der Waals surface area contributed by atoms with Crippen molar-refractivity contribution in [3.63, 3.8) is 0 Å². The number of aromatic carboxylic acids is 1. The molecule has 0 aliphatic carbocycles. The Bertz CT molecular complexity index is 682.